The van der Waals surface area contributed by atoms with Gasteiger partial charge in [-0.05, 0) is 40.8 Å². The molecule has 0 N–H and O–H groups in total. The molecule has 2 aromatic carbocycles. The van der Waals surface area contributed by atoms with E-state index in [4.69, 9.17) is 4.74 Å². The minimum atomic E-state index is -0.0294. The number of ether oxygens (including phenoxy) is 1. The number of hydrogen-bond acceptors (Lipinski definition) is 4. The highest BCUT2D eigenvalue weighted by Crippen LogP contribution is 2.25. The molecule has 166 valence electrons. The normalized spacial score (nSPS) is 14.9. The number of benzene rings is 2. The number of aromatic nitrogens is 1. The van der Waals surface area contributed by atoms with Gasteiger partial charge < -0.3 is 9.64 Å². The molecule has 0 aliphatic carbocycles. The Morgan fingerprint density at radius 3 is 2.25 bits per heavy atom. The highest BCUT2D eigenvalue weighted by atomic mass is 16.5. The Kier molecular flexibility index (Phi) is 6.56. The van der Waals surface area contributed by atoms with Crippen molar-refractivity contribution >= 4 is 5.91 Å². The van der Waals surface area contributed by atoms with Gasteiger partial charge in [-0.1, -0.05) is 63.2 Å². The molecule has 1 aliphatic rings. The average molecular weight is 430 g/mol. The van der Waals surface area contributed by atoms with Crippen molar-refractivity contribution in [2.75, 3.05) is 26.2 Å². The first-order chi connectivity index (χ1) is 15.4. The summed E-state index contributed by atoms with van der Waals surface area (Å²) < 4.78 is 5.89. The molecule has 1 saturated heterocycles. The van der Waals surface area contributed by atoms with Crippen LogP contribution in [0, 0.1) is 0 Å². The van der Waals surface area contributed by atoms with E-state index in [9.17, 15) is 4.79 Å². The molecule has 0 atom stereocenters. The maximum absolute atomic E-state index is 13.2. The molecule has 5 nitrogen and oxygen atoms in total. The van der Waals surface area contributed by atoms with Gasteiger partial charge in [-0.3, -0.25) is 9.69 Å². The third-order valence-corrected chi connectivity index (χ3v) is 5.84. The summed E-state index contributed by atoms with van der Waals surface area (Å²) in [6.07, 6.45) is 1.65. The Labute approximate surface area is 190 Å². The molecule has 2 heterocycles. The van der Waals surface area contributed by atoms with E-state index < -0.39 is 0 Å². The molecule has 3 aromatic rings. The van der Waals surface area contributed by atoms with Crippen LogP contribution in [0.5, 0.6) is 11.6 Å². The van der Waals surface area contributed by atoms with Crippen LogP contribution >= 0.6 is 0 Å². The lowest BCUT2D eigenvalue weighted by atomic mass is 9.87. The third-order valence-electron chi connectivity index (χ3n) is 5.84. The Bertz CT molecular complexity index is 1030. The van der Waals surface area contributed by atoms with Crippen molar-refractivity contribution in [1.82, 2.24) is 14.8 Å². The lowest BCUT2D eigenvalue weighted by Gasteiger charge is -2.35. The predicted octanol–water partition coefficient (Wildman–Crippen LogP) is 5.13. The molecule has 0 bridgehead atoms. The molecule has 0 unspecified atom stereocenters. The van der Waals surface area contributed by atoms with Crippen molar-refractivity contribution in [3.05, 3.63) is 89.6 Å². The Balaban J connectivity index is 1.36. The van der Waals surface area contributed by atoms with Gasteiger partial charge in [0, 0.05) is 38.9 Å². The van der Waals surface area contributed by atoms with E-state index in [1.807, 2.05) is 35.2 Å². The Morgan fingerprint density at radius 1 is 0.906 bits per heavy atom. The second kappa shape index (κ2) is 9.53. The molecule has 1 aliphatic heterocycles. The highest BCUT2D eigenvalue weighted by molar-refractivity contribution is 5.96. The van der Waals surface area contributed by atoms with Gasteiger partial charge in [0.15, 0.2) is 0 Å². The number of carbonyl (C=O) groups excluding carboxylic acids is 1. The second-order valence-electron chi connectivity index (χ2n) is 9.29. The van der Waals surface area contributed by atoms with Crippen molar-refractivity contribution in [2.24, 2.45) is 0 Å². The molecule has 0 radical (unpaired) electrons. The zero-order valence-corrected chi connectivity index (χ0v) is 19.1. The summed E-state index contributed by atoms with van der Waals surface area (Å²) in [5.41, 5.74) is 3.33. The minimum Gasteiger partial charge on any atom is -0.438 e. The smallest absolute Gasteiger partial charge is 0.259 e. The van der Waals surface area contributed by atoms with Crippen molar-refractivity contribution < 1.29 is 9.53 Å². The summed E-state index contributed by atoms with van der Waals surface area (Å²) in [5, 5.41) is 0. The molecule has 1 aromatic heterocycles. The molecular formula is C27H31N3O2. The van der Waals surface area contributed by atoms with Gasteiger partial charge in [-0.2, -0.15) is 0 Å². The highest BCUT2D eigenvalue weighted by Gasteiger charge is 2.25. The van der Waals surface area contributed by atoms with Crippen LogP contribution in [0.4, 0.5) is 0 Å². The third kappa shape index (κ3) is 5.35. The van der Waals surface area contributed by atoms with E-state index in [-0.39, 0.29) is 11.3 Å². The number of hydrogen-bond donors (Lipinski definition) is 0. The van der Waals surface area contributed by atoms with Crippen LogP contribution in [0.3, 0.4) is 0 Å². The maximum Gasteiger partial charge on any atom is 0.259 e. The number of pyridine rings is 1. The zero-order chi connectivity index (χ0) is 22.6. The van der Waals surface area contributed by atoms with Crippen molar-refractivity contribution in [2.45, 2.75) is 32.7 Å². The molecule has 0 spiro atoms. The van der Waals surface area contributed by atoms with Crippen LogP contribution in [0.15, 0.2) is 72.9 Å². The number of nitrogens with zero attached hydrogens (tertiary/aromatic N) is 3. The zero-order valence-electron chi connectivity index (χ0n) is 19.1. The topological polar surface area (TPSA) is 45.7 Å². The number of amides is 1. The summed E-state index contributed by atoms with van der Waals surface area (Å²) in [6, 6.07) is 21.9. The van der Waals surface area contributed by atoms with E-state index in [0.29, 0.717) is 30.3 Å². The largest absolute Gasteiger partial charge is 0.438 e. The van der Waals surface area contributed by atoms with E-state index in [1.54, 1.807) is 18.3 Å². The number of rotatable bonds is 5. The van der Waals surface area contributed by atoms with Gasteiger partial charge in [0.2, 0.25) is 5.88 Å². The van der Waals surface area contributed by atoms with Crippen molar-refractivity contribution in [1.29, 1.82) is 0 Å². The molecule has 1 amide bonds. The fourth-order valence-corrected chi connectivity index (χ4v) is 3.88. The van der Waals surface area contributed by atoms with Crippen molar-refractivity contribution in [3.63, 3.8) is 0 Å². The van der Waals surface area contributed by atoms with Crippen LogP contribution in [0.25, 0.3) is 0 Å². The lowest BCUT2D eigenvalue weighted by molar-refractivity contribution is 0.0625. The second-order valence-corrected chi connectivity index (χ2v) is 9.29. The van der Waals surface area contributed by atoms with E-state index in [1.165, 1.54) is 11.1 Å². The maximum atomic E-state index is 13.2. The van der Waals surface area contributed by atoms with Gasteiger partial charge in [0.05, 0.1) is 0 Å². The summed E-state index contributed by atoms with van der Waals surface area (Å²) >= 11 is 0. The molecule has 1 fully saturated rings. The van der Waals surface area contributed by atoms with Gasteiger partial charge in [-0.25, -0.2) is 4.98 Å². The fraction of sp³-hybridized carbons (Fsp3) is 0.333. The van der Waals surface area contributed by atoms with E-state index in [2.05, 4.69) is 54.9 Å². The molecule has 4 rings (SSSR count). The molecular weight excluding hydrogens is 398 g/mol. The Hall–Kier alpha value is -3.18. The predicted molar refractivity (Wildman–Crippen MR) is 127 cm³/mol. The SMILES string of the molecule is CC(C)(C)c1ccc(CN2CCN(C(=O)c3cccnc3Oc3ccccc3)CC2)cc1. The van der Waals surface area contributed by atoms with Crippen molar-refractivity contribution in [3.8, 4) is 11.6 Å². The van der Waals surface area contributed by atoms with Gasteiger partial charge in [0.1, 0.15) is 11.3 Å². The number of para-hydroxylation sites is 1. The summed E-state index contributed by atoms with van der Waals surface area (Å²) in [5.74, 6) is 0.992. The molecule has 32 heavy (non-hydrogen) atoms. The monoisotopic (exact) mass is 429 g/mol. The average Bonchev–Trinajstić information content (AvgIpc) is 2.80. The van der Waals surface area contributed by atoms with Crippen LogP contribution in [0.2, 0.25) is 0 Å². The van der Waals surface area contributed by atoms with Crippen LogP contribution in [-0.2, 0) is 12.0 Å². The molecule has 5 heteroatoms. The van der Waals surface area contributed by atoms with Crippen LogP contribution in [0.1, 0.15) is 42.3 Å². The standard InChI is InChI=1S/C27H31N3O2/c1-27(2,3)22-13-11-21(12-14-22)20-29-16-18-30(19-17-29)26(31)24-10-7-15-28-25(24)32-23-8-5-4-6-9-23/h4-15H,16-20H2,1-3H3. The summed E-state index contributed by atoms with van der Waals surface area (Å²) in [6.45, 7) is 10.7. The van der Waals surface area contributed by atoms with Crippen LogP contribution < -0.4 is 4.74 Å². The lowest BCUT2D eigenvalue weighted by Crippen LogP contribution is -2.48. The van der Waals surface area contributed by atoms with E-state index in [0.717, 1.165) is 19.6 Å². The van der Waals surface area contributed by atoms with Gasteiger partial charge in [-0.15, -0.1) is 0 Å². The number of carbonyl (C=O) groups is 1. The fourth-order valence-electron chi connectivity index (χ4n) is 3.88. The molecule has 0 saturated carbocycles. The van der Waals surface area contributed by atoms with E-state index >= 15 is 0 Å². The quantitative estimate of drug-likeness (QED) is 0.564. The summed E-state index contributed by atoms with van der Waals surface area (Å²) in [4.78, 5) is 21.8. The first-order valence-corrected chi connectivity index (χ1v) is 11.2. The number of piperazine rings is 1. The first kappa shape index (κ1) is 22.0. The minimum absolute atomic E-state index is 0.0294. The van der Waals surface area contributed by atoms with Gasteiger partial charge in [0.25, 0.3) is 5.91 Å². The summed E-state index contributed by atoms with van der Waals surface area (Å²) in [7, 11) is 0. The van der Waals surface area contributed by atoms with Crippen LogP contribution in [-0.4, -0.2) is 46.9 Å². The van der Waals surface area contributed by atoms with Gasteiger partial charge >= 0.3 is 0 Å². The first-order valence-electron chi connectivity index (χ1n) is 11.2. The Morgan fingerprint density at radius 2 is 1.59 bits per heavy atom.